The number of nitrogens with zero attached hydrogens (tertiary/aromatic N) is 2. The fourth-order valence-electron chi connectivity index (χ4n) is 3.73. The van der Waals surface area contributed by atoms with Crippen LogP contribution in [-0.2, 0) is 10.0 Å². The van der Waals surface area contributed by atoms with Gasteiger partial charge in [0, 0.05) is 23.6 Å². The average Bonchev–Trinajstić information content (AvgIpc) is 3.30. The second kappa shape index (κ2) is 8.92. The molecule has 0 unspecified atom stereocenters. The first-order chi connectivity index (χ1) is 15.5. The maximum Gasteiger partial charge on any atom is 0.279 e. The smallest absolute Gasteiger partial charge is 0.279 e. The average molecular weight is 453 g/mol. The molecule has 0 aliphatic carbocycles. The molecule has 3 aromatic rings. The molecule has 4 rings (SSSR count). The highest BCUT2D eigenvalue weighted by atomic mass is 32.2. The summed E-state index contributed by atoms with van der Waals surface area (Å²) < 4.78 is 44.6. The molecule has 1 aliphatic rings. The molecule has 0 fully saturated rings. The number of hydrogen-bond acceptors (Lipinski definition) is 6. The van der Waals surface area contributed by atoms with Crippen molar-refractivity contribution in [3.8, 4) is 17.2 Å². The van der Waals surface area contributed by atoms with Gasteiger partial charge in [-0.25, -0.2) is 0 Å². The molecule has 0 amide bonds. The van der Waals surface area contributed by atoms with Crippen molar-refractivity contribution < 1.29 is 22.6 Å². The second-order valence-electron chi connectivity index (χ2n) is 7.20. The fourth-order valence-corrected chi connectivity index (χ4v) is 5.18. The summed E-state index contributed by atoms with van der Waals surface area (Å²) in [5.74, 6) is 1.80. The Morgan fingerprint density at radius 2 is 1.47 bits per heavy atom. The number of rotatable bonds is 7. The Kier molecular flexibility index (Phi) is 6.05. The number of para-hydroxylation sites is 1. The van der Waals surface area contributed by atoms with Gasteiger partial charge in [0.05, 0.1) is 38.0 Å². The molecule has 1 heterocycles. The number of hydrazone groups is 1. The molecule has 8 heteroatoms. The first-order valence-corrected chi connectivity index (χ1v) is 11.4. The van der Waals surface area contributed by atoms with Gasteiger partial charge < -0.3 is 14.2 Å². The molecule has 1 aliphatic heterocycles. The van der Waals surface area contributed by atoms with Crippen molar-refractivity contribution in [2.24, 2.45) is 5.10 Å². The van der Waals surface area contributed by atoms with Crippen LogP contribution in [0.1, 0.15) is 23.6 Å². The second-order valence-corrected chi connectivity index (χ2v) is 9.00. The SMILES string of the molecule is COc1cc(OC)cc(C2=NN(S(=O)(=O)c3ccccc3)[C@@H](c3ccccc3OC)C2)c1. The van der Waals surface area contributed by atoms with E-state index in [2.05, 4.69) is 5.10 Å². The minimum Gasteiger partial charge on any atom is -0.497 e. The van der Waals surface area contributed by atoms with E-state index >= 15 is 0 Å². The number of methoxy groups -OCH3 is 3. The van der Waals surface area contributed by atoms with E-state index in [1.54, 1.807) is 57.7 Å². The Labute approximate surface area is 187 Å². The lowest BCUT2D eigenvalue weighted by molar-refractivity contribution is 0.350. The van der Waals surface area contributed by atoms with E-state index in [0.717, 1.165) is 11.1 Å². The Hall–Kier alpha value is -3.52. The number of ether oxygens (including phenoxy) is 3. The molecular weight excluding hydrogens is 428 g/mol. The van der Waals surface area contributed by atoms with E-state index in [4.69, 9.17) is 14.2 Å². The summed E-state index contributed by atoms with van der Waals surface area (Å²) in [6.45, 7) is 0. The molecule has 32 heavy (non-hydrogen) atoms. The maximum atomic E-state index is 13.6. The summed E-state index contributed by atoms with van der Waals surface area (Å²) in [5, 5.41) is 4.59. The first kappa shape index (κ1) is 21.7. The van der Waals surface area contributed by atoms with Crippen LogP contribution < -0.4 is 14.2 Å². The Morgan fingerprint density at radius 1 is 0.844 bits per heavy atom. The summed E-state index contributed by atoms with van der Waals surface area (Å²) in [6.07, 6.45) is 0.364. The molecule has 0 N–H and O–H groups in total. The third kappa shape index (κ3) is 4.01. The largest absolute Gasteiger partial charge is 0.497 e. The minimum atomic E-state index is -3.91. The molecule has 0 saturated heterocycles. The number of sulfonamides is 1. The zero-order chi connectivity index (χ0) is 22.7. The lowest BCUT2D eigenvalue weighted by Gasteiger charge is -2.24. The van der Waals surface area contributed by atoms with Crippen molar-refractivity contribution in [2.45, 2.75) is 17.4 Å². The third-order valence-corrected chi connectivity index (χ3v) is 7.04. The molecule has 1 atom stereocenters. The summed E-state index contributed by atoms with van der Waals surface area (Å²) in [6, 6.07) is 20.5. The Morgan fingerprint density at radius 3 is 2.09 bits per heavy atom. The van der Waals surface area contributed by atoms with E-state index in [0.29, 0.717) is 29.4 Å². The van der Waals surface area contributed by atoms with Crippen LogP contribution in [0, 0.1) is 0 Å². The van der Waals surface area contributed by atoms with E-state index in [1.165, 1.54) is 4.41 Å². The van der Waals surface area contributed by atoms with Gasteiger partial charge in [0.15, 0.2) is 0 Å². The highest BCUT2D eigenvalue weighted by molar-refractivity contribution is 7.89. The van der Waals surface area contributed by atoms with Crippen LogP contribution in [0.3, 0.4) is 0 Å². The molecule has 7 nitrogen and oxygen atoms in total. The van der Waals surface area contributed by atoms with Gasteiger partial charge in [0.1, 0.15) is 17.2 Å². The highest BCUT2D eigenvalue weighted by Crippen LogP contribution is 2.41. The molecule has 0 aromatic heterocycles. The number of hydrogen-bond donors (Lipinski definition) is 0. The molecule has 3 aromatic carbocycles. The summed E-state index contributed by atoms with van der Waals surface area (Å²) in [4.78, 5) is 0.174. The van der Waals surface area contributed by atoms with Gasteiger partial charge in [-0.1, -0.05) is 36.4 Å². The molecule has 0 bridgehead atoms. The first-order valence-electron chi connectivity index (χ1n) is 10.0. The zero-order valence-corrected chi connectivity index (χ0v) is 18.9. The Bertz CT molecular complexity index is 1220. The van der Waals surface area contributed by atoms with Gasteiger partial charge in [-0.2, -0.15) is 17.9 Å². The van der Waals surface area contributed by atoms with Gasteiger partial charge >= 0.3 is 0 Å². The van der Waals surface area contributed by atoms with Crippen LogP contribution in [0.5, 0.6) is 17.2 Å². The van der Waals surface area contributed by atoms with E-state index in [1.807, 2.05) is 36.4 Å². The van der Waals surface area contributed by atoms with Crippen molar-refractivity contribution in [1.29, 1.82) is 0 Å². The molecule has 0 spiro atoms. The van der Waals surface area contributed by atoms with Crippen molar-refractivity contribution >= 4 is 15.7 Å². The lowest BCUT2D eigenvalue weighted by atomic mass is 9.98. The topological polar surface area (TPSA) is 77.4 Å². The summed E-state index contributed by atoms with van der Waals surface area (Å²) in [5.41, 5.74) is 2.08. The maximum absolute atomic E-state index is 13.6. The van der Waals surface area contributed by atoms with Crippen LogP contribution in [0.2, 0.25) is 0 Å². The van der Waals surface area contributed by atoms with E-state index in [-0.39, 0.29) is 4.90 Å². The summed E-state index contributed by atoms with van der Waals surface area (Å²) >= 11 is 0. The standard InChI is InChI=1S/C24H24N2O5S/c1-29-18-13-17(14-19(15-18)30-2)22-16-23(21-11-7-8-12-24(21)31-3)26(25-22)32(27,28)20-9-5-4-6-10-20/h4-15,23H,16H2,1-3H3/t23-/m1/s1. The van der Waals surface area contributed by atoms with Crippen LogP contribution >= 0.6 is 0 Å². The zero-order valence-electron chi connectivity index (χ0n) is 18.1. The van der Waals surface area contributed by atoms with E-state index < -0.39 is 16.1 Å². The molecule has 0 radical (unpaired) electrons. The van der Waals surface area contributed by atoms with Gasteiger partial charge in [0.2, 0.25) is 0 Å². The van der Waals surface area contributed by atoms with Gasteiger partial charge in [-0.3, -0.25) is 0 Å². The van der Waals surface area contributed by atoms with E-state index in [9.17, 15) is 8.42 Å². The predicted molar refractivity (Wildman–Crippen MR) is 122 cm³/mol. The summed E-state index contributed by atoms with van der Waals surface area (Å²) in [7, 11) is 0.799. The lowest BCUT2D eigenvalue weighted by Crippen LogP contribution is -2.27. The number of benzene rings is 3. The molecule has 0 saturated carbocycles. The van der Waals surface area contributed by atoms with Crippen LogP contribution in [0.25, 0.3) is 0 Å². The third-order valence-electron chi connectivity index (χ3n) is 5.34. The van der Waals surface area contributed by atoms with Crippen molar-refractivity contribution in [3.63, 3.8) is 0 Å². The highest BCUT2D eigenvalue weighted by Gasteiger charge is 2.39. The van der Waals surface area contributed by atoms with Crippen LogP contribution in [0.4, 0.5) is 0 Å². The van der Waals surface area contributed by atoms with Gasteiger partial charge in [-0.15, -0.1) is 0 Å². The molecule has 166 valence electrons. The van der Waals surface area contributed by atoms with Gasteiger partial charge in [0.25, 0.3) is 10.0 Å². The predicted octanol–water partition coefficient (Wildman–Crippen LogP) is 4.25. The quantitative estimate of drug-likeness (QED) is 0.536. The minimum absolute atomic E-state index is 0.174. The normalized spacial score (nSPS) is 15.9. The van der Waals surface area contributed by atoms with Crippen molar-refractivity contribution in [3.05, 3.63) is 83.9 Å². The van der Waals surface area contributed by atoms with Gasteiger partial charge in [-0.05, 0) is 30.3 Å². The fraction of sp³-hybridized carbons (Fsp3) is 0.208. The Balaban J connectivity index is 1.85. The molecular formula is C24H24N2O5S. The monoisotopic (exact) mass is 452 g/mol. The van der Waals surface area contributed by atoms with Crippen LogP contribution in [-0.4, -0.2) is 39.9 Å². The van der Waals surface area contributed by atoms with Crippen LogP contribution in [0.15, 0.2) is 82.8 Å². The van der Waals surface area contributed by atoms with Crippen molar-refractivity contribution in [1.82, 2.24) is 4.41 Å². The van der Waals surface area contributed by atoms with Crippen molar-refractivity contribution in [2.75, 3.05) is 21.3 Å².